The molecule has 0 aliphatic carbocycles. The van der Waals surface area contributed by atoms with Crippen molar-refractivity contribution in [3.8, 4) is 0 Å². The van der Waals surface area contributed by atoms with Crippen molar-refractivity contribution in [2.45, 2.75) is 85.5 Å². The molecule has 0 unspecified atom stereocenters. The van der Waals surface area contributed by atoms with Crippen LogP contribution in [0.3, 0.4) is 0 Å². The number of hydrogen-bond donors (Lipinski definition) is 0. The molecule has 0 spiro atoms. The smallest absolute Gasteiger partial charge is 0.0178 e. The zero-order chi connectivity index (χ0) is 22.0. The van der Waals surface area contributed by atoms with Crippen molar-refractivity contribution in [1.29, 1.82) is 0 Å². The van der Waals surface area contributed by atoms with E-state index in [-0.39, 0.29) is 16.2 Å². The molecule has 0 atom stereocenters. The fourth-order valence-electron chi connectivity index (χ4n) is 3.26. The van der Waals surface area contributed by atoms with E-state index in [1.807, 2.05) is 6.07 Å². The van der Waals surface area contributed by atoms with Gasteiger partial charge in [-0.05, 0) is 59.1 Å². The van der Waals surface area contributed by atoms with Gasteiger partial charge in [-0.25, -0.2) is 0 Å². The summed E-state index contributed by atoms with van der Waals surface area (Å²) >= 11 is 0. The standard InChI is InChI=1S/C28H37P/c1-20(21-14-12-11-13-15-21)16-17-29-25-23(27(5,6)7)18-22(26(2,3)4)19-24(25)28(8,9)10/h11-15,18-19H,1-10H3. The molecule has 0 amide bonds. The molecular formula is C28H37P. The molecule has 2 aromatic carbocycles. The molecule has 0 aliphatic rings. The highest BCUT2D eigenvalue weighted by Gasteiger charge is 2.28. The quantitative estimate of drug-likeness (QED) is 0.354. The Kier molecular flexibility index (Phi) is 6.87. The van der Waals surface area contributed by atoms with Crippen molar-refractivity contribution in [2.24, 2.45) is 0 Å². The van der Waals surface area contributed by atoms with Gasteiger partial charge in [0.2, 0.25) is 0 Å². The molecule has 2 rings (SSSR count). The third kappa shape index (κ3) is 6.07. The molecule has 0 bridgehead atoms. The van der Waals surface area contributed by atoms with Crippen molar-refractivity contribution in [3.05, 3.63) is 70.4 Å². The molecule has 0 saturated heterocycles. The molecule has 0 aromatic heterocycles. The highest BCUT2D eigenvalue weighted by atomic mass is 31.1. The molecule has 0 radical (unpaired) electrons. The van der Waals surface area contributed by atoms with Crippen molar-refractivity contribution in [3.63, 3.8) is 0 Å². The molecule has 0 nitrogen and oxygen atoms in total. The van der Waals surface area contributed by atoms with Gasteiger partial charge in [0.05, 0.1) is 0 Å². The number of benzene rings is 2. The van der Waals surface area contributed by atoms with Gasteiger partial charge in [0.1, 0.15) is 0 Å². The molecule has 0 fully saturated rings. The summed E-state index contributed by atoms with van der Waals surface area (Å²) in [5.41, 5.74) is 13.7. The summed E-state index contributed by atoms with van der Waals surface area (Å²) in [5, 5.41) is 1.38. The molecule has 1 heteroatoms. The van der Waals surface area contributed by atoms with E-state index in [9.17, 15) is 0 Å². The highest BCUT2D eigenvalue weighted by Crippen LogP contribution is 2.35. The maximum Gasteiger partial charge on any atom is 0.0178 e. The first-order valence-corrected chi connectivity index (χ1v) is 11.4. The molecule has 29 heavy (non-hydrogen) atoms. The molecule has 0 heterocycles. The Morgan fingerprint density at radius 2 is 1.21 bits per heavy atom. The Morgan fingerprint density at radius 3 is 1.62 bits per heavy atom. The van der Waals surface area contributed by atoms with Gasteiger partial charge in [-0.2, -0.15) is 0 Å². The first-order chi connectivity index (χ1) is 13.2. The van der Waals surface area contributed by atoms with E-state index >= 15 is 0 Å². The molecule has 154 valence electrons. The average molecular weight is 405 g/mol. The molecule has 0 N–H and O–H groups in total. The predicted octanol–water partition coefficient (Wildman–Crippen LogP) is 7.81. The summed E-state index contributed by atoms with van der Waals surface area (Å²) in [6, 6.07) is 15.3. The second-order valence-corrected chi connectivity index (χ2v) is 11.9. The van der Waals surface area contributed by atoms with Crippen LogP contribution in [0.15, 0.2) is 48.2 Å². The number of rotatable bonds is 2. The molecule has 2 aromatic rings. The van der Waals surface area contributed by atoms with Gasteiger partial charge in [0, 0.05) is 10.9 Å². The zero-order valence-corrected chi connectivity index (χ0v) is 20.9. The lowest BCUT2D eigenvalue weighted by molar-refractivity contribution is 0.554. The minimum absolute atomic E-state index is 0.0729. The minimum Gasteiger partial charge on any atom is -0.0622 e. The van der Waals surface area contributed by atoms with Crippen LogP contribution in [0, 0.1) is 0 Å². The Hall–Kier alpha value is -1.83. The third-order valence-corrected chi connectivity index (χ3v) is 6.14. The topological polar surface area (TPSA) is 0 Å². The van der Waals surface area contributed by atoms with E-state index < -0.39 is 0 Å². The zero-order valence-electron chi connectivity index (χ0n) is 20.0. The van der Waals surface area contributed by atoms with Gasteiger partial charge >= 0.3 is 0 Å². The lowest BCUT2D eigenvalue weighted by Gasteiger charge is -2.32. The Labute approximate surface area is 180 Å². The van der Waals surface area contributed by atoms with E-state index in [1.54, 1.807) is 0 Å². The summed E-state index contributed by atoms with van der Waals surface area (Å²) in [5.74, 6) is 0. The van der Waals surface area contributed by atoms with E-state index in [1.165, 1.54) is 27.6 Å². The Balaban J connectivity index is 2.80. The van der Waals surface area contributed by atoms with Crippen molar-refractivity contribution < 1.29 is 0 Å². The number of hydrogen-bond acceptors (Lipinski definition) is 0. The van der Waals surface area contributed by atoms with E-state index in [0.29, 0.717) is 0 Å². The lowest BCUT2D eigenvalue weighted by Crippen LogP contribution is -2.29. The highest BCUT2D eigenvalue weighted by molar-refractivity contribution is 7.46. The maximum atomic E-state index is 3.47. The van der Waals surface area contributed by atoms with E-state index in [4.69, 9.17) is 0 Å². The van der Waals surface area contributed by atoms with E-state index in [2.05, 4.69) is 117 Å². The summed E-state index contributed by atoms with van der Waals surface area (Å²) in [6.07, 6.45) is 0. The lowest BCUT2D eigenvalue weighted by atomic mass is 9.75. The first kappa shape index (κ1) is 23.4. The van der Waals surface area contributed by atoms with Crippen LogP contribution in [0.1, 0.15) is 91.5 Å². The van der Waals surface area contributed by atoms with Crippen LogP contribution in [-0.2, 0) is 16.2 Å². The average Bonchev–Trinajstić information content (AvgIpc) is 2.59. The first-order valence-electron chi connectivity index (χ1n) is 10.5. The van der Waals surface area contributed by atoms with Gasteiger partial charge in [-0.3, -0.25) is 0 Å². The third-order valence-electron chi connectivity index (χ3n) is 5.21. The largest absolute Gasteiger partial charge is 0.0622 e. The Morgan fingerprint density at radius 1 is 0.724 bits per heavy atom. The second-order valence-electron chi connectivity index (χ2n) is 11.0. The fourth-order valence-corrected chi connectivity index (χ4v) is 4.64. The van der Waals surface area contributed by atoms with Gasteiger partial charge in [-0.1, -0.05) is 111 Å². The van der Waals surface area contributed by atoms with Crippen LogP contribution in [-0.4, -0.2) is 5.45 Å². The summed E-state index contributed by atoms with van der Waals surface area (Å²) in [7, 11) is 1.09. The van der Waals surface area contributed by atoms with Crippen LogP contribution in [0.4, 0.5) is 0 Å². The second kappa shape index (κ2) is 8.50. The van der Waals surface area contributed by atoms with Crippen molar-refractivity contribution in [2.75, 3.05) is 0 Å². The van der Waals surface area contributed by atoms with Crippen LogP contribution in [0.2, 0.25) is 0 Å². The monoisotopic (exact) mass is 404 g/mol. The SMILES string of the molecule is CC(=C=C=Pc1c(C(C)(C)C)cc(C(C)(C)C)cc1C(C)(C)C)c1ccccc1. The van der Waals surface area contributed by atoms with E-state index in [0.717, 1.165) is 13.8 Å². The van der Waals surface area contributed by atoms with Gasteiger partial charge in [0.25, 0.3) is 0 Å². The van der Waals surface area contributed by atoms with Crippen LogP contribution in [0.5, 0.6) is 0 Å². The van der Waals surface area contributed by atoms with Crippen LogP contribution in [0.25, 0.3) is 5.57 Å². The van der Waals surface area contributed by atoms with Crippen LogP contribution >= 0.6 is 8.20 Å². The van der Waals surface area contributed by atoms with Crippen LogP contribution < -0.4 is 5.30 Å². The van der Waals surface area contributed by atoms with Crippen molar-refractivity contribution >= 4 is 24.5 Å². The Bertz CT molecular complexity index is 923. The molecule has 0 aliphatic heterocycles. The fraction of sp³-hybridized carbons (Fsp3) is 0.464. The summed E-state index contributed by atoms with van der Waals surface area (Å²) in [4.78, 5) is 0. The van der Waals surface area contributed by atoms with Crippen molar-refractivity contribution in [1.82, 2.24) is 0 Å². The minimum atomic E-state index is 0.0729. The van der Waals surface area contributed by atoms with Gasteiger partial charge in [-0.15, -0.1) is 0 Å². The predicted molar refractivity (Wildman–Crippen MR) is 133 cm³/mol. The molecular weight excluding hydrogens is 367 g/mol. The maximum absolute atomic E-state index is 3.47. The van der Waals surface area contributed by atoms with Gasteiger partial charge < -0.3 is 0 Å². The molecule has 0 saturated carbocycles. The normalized spacial score (nSPS) is 12.5. The number of allylic oxidation sites excluding steroid dienone is 1. The van der Waals surface area contributed by atoms with Gasteiger partial charge in [0.15, 0.2) is 0 Å². The summed E-state index contributed by atoms with van der Waals surface area (Å²) in [6.45, 7) is 22.9. The summed E-state index contributed by atoms with van der Waals surface area (Å²) < 4.78 is 0.